The van der Waals surface area contributed by atoms with Gasteiger partial charge in [0.05, 0.1) is 7.11 Å². The average Bonchev–Trinajstić information content (AvgIpc) is 2.60. The molecule has 1 heterocycles. The van der Waals surface area contributed by atoms with Crippen molar-refractivity contribution in [3.63, 3.8) is 0 Å². The average molecular weight is 313 g/mol. The molecule has 122 valence electrons. The highest BCUT2D eigenvalue weighted by Crippen LogP contribution is 2.17. The van der Waals surface area contributed by atoms with E-state index in [4.69, 9.17) is 4.74 Å². The molecular formula is C18H23N3O2. The van der Waals surface area contributed by atoms with E-state index in [0.29, 0.717) is 24.5 Å². The van der Waals surface area contributed by atoms with E-state index in [1.807, 2.05) is 31.2 Å². The van der Waals surface area contributed by atoms with E-state index in [2.05, 4.69) is 15.6 Å². The summed E-state index contributed by atoms with van der Waals surface area (Å²) in [4.78, 5) is 16.2. The second-order valence-electron chi connectivity index (χ2n) is 5.17. The molecule has 0 saturated carbocycles. The number of hydrogen-bond acceptors (Lipinski definition) is 4. The number of rotatable bonds is 8. The second kappa shape index (κ2) is 8.78. The van der Waals surface area contributed by atoms with Crippen LogP contribution in [0.25, 0.3) is 0 Å². The zero-order chi connectivity index (χ0) is 16.5. The third-order valence-electron chi connectivity index (χ3n) is 3.45. The smallest absolute Gasteiger partial charge is 0.251 e. The summed E-state index contributed by atoms with van der Waals surface area (Å²) in [7, 11) is 1.67. The molecule has 0 aliphatic carbocycles. The first-order chi connectivity index (χ1) is 11.2. The number of nitrogens with one attached hydrogen (secondary N) is 2. The summed E-state index contributed by atoms with van der Waals surface area (Å²) in [5.74, 6) is 1.51. The largest absolute Gasteiger partial charge is 0.496 e. The van der Waals surface area contributed by atoms with Crippen molar-refractivity contribution in [1.82, 2.24) is 10.3 Å². The maximum Gasteiger partial charge on any atom is 0.251 e. The minimum Gasteiger partial charge on any atom is -0.496 e. The Hall–Kier alpha value is -2.56. The lowest BCUT2D eigenvalue weighted by molar-refractivity contribution is 0.0953. The summed E-state index contributed by atoms with van der Waals surface area (Å²) in [5.41, 5.74) is 1.76. The molecule has 5 heteroatoms. The Morgan fingerprint density at radius 1 is 1.22 bits per heavy atom. The number of para-hydroxylation sites is 1. The van der Waals surface area contributed by atoms with Gasteiger partial charge in [0.1, 0.15) is 11.6 Å². The maximum atomic E-state index is 12.0. The van der Waals surface area contributed by atoms with E-state index in [1.54, 1.807) is 25.4 Å². The van der Waals surface area contributed by atoms with Crippen molar-refractivity contribution < 1.29 is 9.53 Å². The van der Waals surface area contributed by atoms with E-state index in [0.717, 1.165) is 24.2 Å². The van der Waals surface area contributed by atoms with Crippen LogP contribution >= 0.6 is 0 Å². The lowest BCUT2D eigenvalue weighted by Crippen LogP contribution is -2.24. The normalized spacial score (nSPS) is 10.2. The lowest BCUT2D eigenvalue weighted by atomic mass is 10.1. The Bertz CT molecular complexity index is 644. The molecule has 0 spiro atoms. The predicted molar refractivity (Wildman–Crippen MR) is 92.0 cm³/mol. The number of amides is 1. The van der Waals surface area contributed by atoms with Crippen LogP contribution in [-0.4, -0.2) is 31.1 Å². The fourth-order valence-corrected chi connectivity index (χ4v) is 2.24. The first kappa shape index (κ1) is 16.8. The highest BCUT2D eigenvalue weighted by atomic mass is 16.5. The number of nitrogens with zero attached hydrogens (tertiary/aromatic N) is 1. The number of methoxy groups -OCH3 is 1. The zero-order valence-corrected chi connectivity index (χ0v) is 13.6. The van der Waals surface area contributed by atoms with Gasteiger partial charge in [-0.1, -0.05) is 25.1 Å². The highest BCUT2D eigenvalue weighted by Gasteiger charge is 2.06. The number of ether oxygens (including phenoxy) is 1. The number of aromatic nitrogens is 1. The molecule has 1 amide bonds. The van der Waals surface area contributed by atoms with Crippen molar-refractivity contribution in [1.29, 1.82) is 0 Å². The van der Waals surface area contributed by atoms with Gasteiger partial charge in [-0.3, -0.25) is 4.79 Å². The second-order valence-corrected chi connectivity index (χ2v) is 5.17. The van der Waals surface area contributed by atoms with E-state index in [9.17, 15) is 4.79 Å². The number of benzene rings is 1. The van der Waals surface area contributed by atoms with Gasteiger partial charge in [0.2, 0.25) is 0 Å². The molecule has 0 saturated heterocycles. The minimum absolute atomic E-state index is 0.0676. The van der Waals surface area contributed by atoms with E-state index in [-0.39, 0.29) is 5.91 Å². The van der Waals surface area contributed by atoms with Gasteiger partial charge in [0, 0.05) is 24.8 Å². The Morgan fingerprint density at radius 3 is 2.83 bits per heavy atom. The molecule has 23 heavy (non-hydrogen) atoms. The number of carbonyl (C=O) groups is 1. The molecule has 0 aliphatic heterocycles. The molecule has 0 atom stereocenters. The molecule has 0 fully saturated rings. The number of anilines is 1. The van der Waals surface area contributed by atoms with Crippen LogP contribution in [0.4, 0.5) is 5.82 Å². The Labute approximate surface area is 137 Å². The van der Waals surface area contributed by atoms with E-state index >= 15 is 0 Å². The van der Waals surface area contributed by atoms with Crippen molar-refractivity contribution >= 4 is 11.7 Å². The van der Waals surface area contributed by atoms with Crippen LogP contribution < -0.4 is 15.4 Å². The topological polar surface area (TPSA) is 63.2 Å². The molecule has 1 aromatic carbocycles. The molecule has 0 bridgehead atoms. The van der Waals surface area contributed by atoms with Crippen molar-refractivity contribution in [2.45, 2.75) is 19.8 Å². The standard InChI is InChI=1S/C18H23N3O2/c1-3-10-21-18(22)15-9-12-20-17(13-15)19-11-8-14-6-4-5-7-16(14)23-2/h4-7,9,12-13H,3,8,10-11H2,1-2H3,(H,19,20)(H,21,22). The quantitative estimate of drug-likeness (QED) is 0.786. The molecule has 0 unspecified atom stereocenters. The van der Waals surface area contributed by atoms with Gasteiger partial charge in [-0.15, -0.1) is 0 Å². The first-order valence-electron chi connectivity index (χ1n) is 7.84. The summed E-state index contributed by atoms with van der Waals surface area (Å²) in [6, 6.07) is 11.4. The Balaban J connectivity index is 1.92. The molecular weight excluding hydrogens is 290 g/mol. The third-order valence-corrected chi connectivity index (χ3v) is 3.45. The predicted octanol–water partition coefficient (Wildman–Crippen LogP) is 2.88. The monoisotopic (exact) mass is 313 g/mol. The fraction of sp³-hybridized carbons (Fsp3) is 0.333. The van der Waals surface area contributed by atoms with Crippen LogP contribution in [0.5, 0.6) is 5.75 Å². The number of carbonyl (C=O) groups excluding carboxylic acids is 1. The molecule has 1 aromatic heterocycles. The van der Waals surface area contributed by atoms with Crippen molar-refractivity contribution in [2.24, 2.45) is 0 Å². The molecule has 0 aliphatic rings. The molecule has 2 aromatic rings. The summed E-state index contributed by atoms with van der Waals surface area (Å²) >= 11 is 0. The number of hydrogen-bond donors (Lipinski definition) is 2. The van der Waals surface area contributed by atoms with Gasteiger partial charge in [-0.25, -0.2) is 4.98 Å². The molecule has 2 N–H and O–H groups in total. The van der Waals surface area contributed by atoms with Gasteiger partial charge in [0.25, 0.3) is 5.91 Å². The van der Waals surface area contributed by atoms with Crippen molar-refractivity contribution in [3.8, 4) is 5.75 Å². The molecule has 5 nitrogen and oxygen atoms in total. The fourth-order valence-electron chi connectivity index (χ4n) is 2.24. The van der Waals surface area contributed by atoms with Crippen LogP contribution in [0.15, 0.2) is 42.6 Å². The van der Waals surface area contributed by atoms with Gasteiger partial charge >= 0.3 is 0 Å². The Morgan fingerprint density at radius 2 is 2.04 bits per heavy atom. The highest BCUT2D eigenvalue weighted by molar-refractivity contribution is 5.94. The van der Waals surface area contributed by atoms with Crippen LogP contribution in [0.3, 0.4) is 0 Å². The summed E-state index contributed by atoms with van der Waals surface area (Å²) < 4.78 is 5.34. The third kappa shape index (κ3) is 4.98. The van der Waals surface area contributed by atoms with Gasteiger partial charge < -0.3 is 15.4 Å². The lowest BCUT2D eigenvalue weighted by Gasteiger charge is -2.10. The van der Waals surface area contributed by atoms with Gasteiger partial charge in [-0.05, 0) is 36.6 Å². The maximum absolute atomic E-state index is 12.0. The SMILES string of the molecule is CCCNC(=O)c1ccnc(NCCc2ccccc2OC)c1. The summed E-state index contributed by atoms with van der Waals surface area (Å²) in [5, 5.41) is 6.11. The van der Waals surface area contributed by atoms with Crippen molar-refractivity contribution in [2.75, 3.05) is 25.5 Å². The van der Waals surface area contributed by atoms with Crippen molar-refractivity contribution in [3.05, 3.63) is 53.7 Å². The summed E-state index contributed by atoms with van der Waals surface area (Å²) in [6.45, 7) is 3.42. The van der Waals surface area contributed by atoms with Crippen LogP contribution in [0.1, 0.15) is 29.3 Å². The zero-order valence-electron chi connectivity index (χ0n) is 13.6. The van der Waals surface area contributed by atoms with Gasteiger partial charge in [-0.2, -0.15) is 0 Å². The molecule has 2 rings (SSSR count). The van der Waals surface area contributed by atoms with E-state index in [1.165, 1.54) is 0 Å². The Kier molecular flexibility index (Phi) is 6.41. The summed E-state index contributed by atoms with van der Waals surface area (Å²) in [6.07, 6.45) is 3.38. The van der Waals surface area contributed by atoms with E-state index < -0.39 is 0 Å². The van der Waals surface area contributed by atoms with Crippen LogP contribution in [0.2, 0.25) is 0 Å². The minimum atomic E-state index is -0.0676. The van der Waals surface area contributed by atoms with Gasteiger partial charge in [0.15, 0.2) is 0 Å². The van der Waals surface area contributed by atoms with Crippen LogP contribution in [-0.2, 0) is 6.42 Å². The molecule has 0 radical (unpaired) electrons. The first-order valence-corrected chi connectivity index (χ1v) is 7.84. The van der Waals surface area contributed by atoms with Crippen LogP contribution in [0, 0.1) is 0 Å². The number of pyridine rings is 1.